The van der Waals surface area contributed by atoms with E-state index in [1.807, 2.05) is 40.5 Å². The van der Waals surface area contributed by atoms with Crippen LogP contribution < -0.4 is 10.2 Å². The normalized spacial score (nSPS) is 14.5. The van der Waals surface area contributed by atoms with Crippen molar-refractivity contribution in [2.45, 2.75) is 6.18 Å². The third-order valence-electron chi connectivity index (χ3n) is 5.03. The fraction of sp³-hybridized carbons (Fsp3) is 0.217. The number of nitrogens with zero attached hydrogens (tertiary/aromatic N) is 5. The number of ether oxygens (including phenoxy) is 1. The van der Waals surface area contributed by atoms with Crippen molar-refractivity contribution in [1.82, 2.24) is 14.8 Å². The van der Waals surface area contributed by atoms with E-state index in [9.17, 15) is 23.2 Å². The maximum Gasteiger partial charge on any atom is 0.471 e. The first kappa shape index (κ1) is 23.0. The van der Waals surface area contributed by atoms with Crippen LogP contribution in [0.15, 0.2) is 54.6 Å². The number of benzene rings is 2. The molecule has 1 amide bonds. The lowest BCUT2D eigenvalue weighted by atomic mass is 10.1. The Morgan fingerprint density at radius 3 is 2.50 bits per heavy atom. The van der Waals surface area contributed by atoms with E-state index in [4.69, 9.17) is 4.74 Å². The van der Waals surface area contributed by atoms with E-state index in [1.54, 1.807) is 10.6 Å². The number of hydrogen-bond donors (Lipinski definition) is 1. The Kier molecular flexibility index (Phi) is 6.60. The van der Waals surface area contributed by atoms with Crippen LogP contribution in [0.2, 0.25) is 0 Å². The van der Waals surface area contributed by atoms with Gasteiger partial charge in [-0.15, -0.1) is 10.2 Å². The van der Waals surface area contributed by atoms with E-state index in [1.165, 1.54) is 24.3 Å². The molecule has 0 spiro atoms. The average molecular weight is 468 g/mol. The molecule has 1 aliphatic rings. The molecule has 11 heteroatoms. The van der Waals surface area contributed by atoms with Crippen LogP contribution in [-0.4, -0.2) is 53.2 Å². The molecule has 1 saturated heterocycles. The molecule has 1 aromatic heterocycles. The molecule has 3 aromatic rings. The van der Waals surface area contributed by atoms with Gasteiger partial charge in [0.05, 0.1) is 24.5 Å². The van der Waals surface area contributed by atoms with Crippen molar-refractivity contribution in [3.63, 3.8) is 0 Å². The zero-order valence-corrected chi connectivity index (χ0v) is 17.8. The van der Waals surface area contributed by atoms with Crippen LogP contribution in [0.4, 0.5) is 24.8 Å². The third kappa shape index (κ3) is 5.07. The summed E-state index contributed by atoms with van der Waals surface area (Å²) in [6.07, 6.45) is -3.53. The van der Waals surface area contributed by atoms with Crippen LogP contribution in [0.3, 0.4) is 0 Å². The number of allylic oxidation sites excluding steroid dienone is 1. The molecule has 1 fully saturated rings. The summed E-state index contributed by atoms with van der Waals surface area (Å²) in [6.45, 7) is 2.29. The lowest BCUT2D eigenvalue weighted by Gasteiger charge is -2.28. The second kappa shape index (κ2) is 9.76. The highest BCUT2D eigenvalue weighted by molar-refractivity contribution is 5.95. The van der Waals surface area contributed by atoms with Gasteiger partial charge in [-0.25, -0.2) is 0 Å². The number of alkyl halides is 3. The standard InChI is InChI=1S/C23H19F3N6O2/c24-23(25,26)21(33)28-18-6-4-5-16(14-18)13-17(15-27)20-29-30-22(31-9-11-34-12-10-31)32(20)19-7-2-1-3-8-19/h1-8,13-14H,9-12H2,(H,28,33)/b17-13+. The predicted octanol–water partition coefficient (Wildman–Crippen LogP) is 3.67. The molecule has 1 N–H and O–H groups in total. The minimum atomic E-state index is -5.01. The third-order valence-corrected chi connectivity index (χ3v) is 5.03. The second-order valence-corrected chi connectivity index (χ2v) is 7.34. The van der Waals surface area contributed by atoms with Crippen LogP contribution >= 0.6 is 0 Å². The Hall–Kier alpha value is -4.17. The zero-order valence-electron chi connectivity index (χ0n) is 17.8. The van der Waals surface area contributed by atoms with E-state index in [2.05, 4.69) is 16.3 Å². The Balaban J connectivity index is 1.73. The van der Waals surface area contributed by atoms with E-state index in [0.29, 0.717) is 37.8 Å². The summed E-state index contributed by atoms with van der Waals surface area (Å²) >= 11 is 0. The molecule has 34 heavy (non-hydrogen) atoms. The van der Waals surface area contributed by atoms with Crippen LogP contribution in [-0.2, 0) is 9.53 Å². The minimum Gasteiger partial charge on any atom is -0.378 e. The number of para-hydroxylation sites is 1. The van der Waals surface area contributed by atoms with Gasteiger partial charge in [-0.3, -0.25) is 9.36 Å². The van der Waals surface area contributed by atoms with Gasteiger partial charge in [-0.05, 0) is 35.9 Å². The number of anilines is 2. The van der Waals surface area contributed by atoms with Gasteiger partial charge < -0.3 is 15.0 Å². The molecule has 8 nitrogen and oxygen atoms in total. The summed E-state index contributed by atoms with van der Waals surface area (Å²) in [5.74, 6) is -1.25. The predicted molar refractivity (Wildman–Crippen MR) is 119 cm³/mol. The SMILES string of the molecule is N#C/C(=C\c1cccc(NC(=O)C(F)(F)F)c1)c1nnc(N2CCOCC2)n1-c1ccccc1. The largest absolute Gasteiger partial charge is 0.471 e. The molecule has 2 aromatic carbocycles. The number of nitrogens with one attached hydrogen (secondary N) is 1. The number of amides is 1. The van der Waals surface area contributed by atoms with Crippen LogP contribution in [0, 0.1) is 11.3 Å². The van der Waals surface area contributed by atoms with Crippen molar-refractivity contribution in [1.29, 1.82) is 5.26 Å². The first-order chi connectivity index (χ1) is 16.4. The molecule has 4 rings (SSSR count). The van der Waals surface area contributed by atoms with Crippen molar-refractivity contribution in [3.8, 4) is 11.8 Å². The number of aromatic nitrogens is 3. The Bertz CT molecular complexity index is 1240. The minimum absolute atomic E-state index is 0.0492. The van der Waals surface area contributed by atoms with Crippen molar-refractivity contribution >= 4 is 29.2 Å². The van der Waals surface area contributed by atoms with E-state index >= 15 is 0 Å². The van der Waals surface area contributed by atoms with Gasteiger partial charge in [0.2, 0.25) is 5.95 Å². The first-order valence-electron chi connectivity index (χ1n) is 10.3. The smallest absolute Gasteiger partial charge is 0.378 e. The van der Waals surface area contributed by atoms with Crippen LogP contribution in [0.25, 0.3) is 17.3 Å². The molecule has 0 atom stereocenters. The number of carbonyl (C=O) groups excluding carboxylic acids is 1. The molecule has 174 valence electrons. The van der Waals surface area contributed by atoms with Crippen LogP contribution in [0.1, 0.15) is 11.4 Å². The Labute approximate surface area is 192 Å². The topological polar surface area (TPSA) is 96.1 Å². The molecule has 2 heterocycles. The van der Waals surface area contributed by atoms with Gasteiger partial charge >= 0.3 is 12.1 Å². The van der Waals surface area contributed by atoms with Crippen molar-refractivity contribution in [3.05, 3.63) is 66.0 Å². The lowest BCUT2D eigenvalue weighted by Crippen LogP contribution is -2.38. The highest BCUT2D eigenvalue weighted by atomic mass is 19.4. The second-order valence-electron chi connectivity index (χ2n) is 7.34. The van der Waals surface area contributed by atoms with E-state index in [-0.39, 0.29) is 17.1 Å². The summed E-state index contributed by atoms with van der Waals surface area (Å²) in [4.78, 5) is 13.3. The number of carbonyl (C=O) groups is 1. The molecule has 0 bridgehead atoms. The van der Waals surface area contributed by atoms with Gasteiger partial charge in [-0.1, -0.05) is 30.3 Å². The summed E-state index contributed by atoms with van der Waals surface area (Å²) in [7, 11) is 0. The van der Waals surface area contributed by atoms with Gasteiger partial charge in [0.15, 0.2) is 5.82 Å². The zero-order chi connectivity index (χ0) is 24.1. The fourth-order valence-corrected chi connectivity index (χ4v) is 3.46. The molecule has 0 unspecified atom stereocenters. The molecule has 0 saturated carbocycles. The fourth-order valence-electron chi connectivity index (χ4n) is 3.46. The van der Waals surface area contributed by atoms with Crippen molar-refractivity contribution in [2.24, 2.45) is 0 Å². The molecule has 0 aliphatic carbocycles. The highest BCUT2D eigenvalue weighted by Gasteiger charge is 2.38. The Morgan fingerprint density at radius 2 is 1.82 bits per heavy atom. The molecule has 0 radical (unpaired) electrons. The summed E-state index contributed by atoms with van der Waals surface area (Å²) in [6, 6.07) is 17.1. The van der Waals surface area contributed by atoms with Gasteiger partial charge in [0, 0.05) is 18.8 Å². The lowest BCUT2D eigenvalue weighted by molar-refractivity contribution is -0.167. The van der Waals surface area contributed by atoms with E-state index < -0.39 is 12.1 Å². The molecular formula is C23H19F3N6O2. The summed E-state index contributed by atoms with van der Waals surface area (Å²) in [5, 5.41) is 20.3. The maximum absolute atomic E-state index is 12.6. The number of hydrogen-bond acceptors (Lipinski definition) is 6. The number of halogens is 3. The van der Waals surface area contributed by atoms with Crippen molar-refractivity contribution < 1.29 is 22.7 Å². The maximum atomic E-state index is 12.6. The molecule has 1 aliphatic heterocycles. The Morgan fingerprint density at radius 1 is 1.09 bits per heavy atom. The van der Waals surface area contributed by atoms with Crippen LogP contribution in [0.5, 0.6) is 0 Å². The van der Waals surface area contributed by atoms with Gasteiger partial charge in [-0.2, -0.15) is 18.4 Å². The summed E-state index contributed by atoms with van der Waals surface area (Å²) in [5.41, 5.74) is 1.26. The van der Waals surface area contributed by atoms with Crippen molar-refractivity contribution in [2.75, 3.05) is 36.5 Å². The average Bonchev–Trinajstić information content (AvgIpc) is 3.28. The highest BCUT2D eigenvalue weighted by Crippen LogP contribution is 2.27. The molecular weight excluding hydrogens is 449 g/mol. The quantitative estimate of drug-likeness (QED) is 0.574. The van der Waals surface area contributed by atoms with Gasteiger partial charge in [0.1, 0.15) is 6.07 Å². The monoisotopic (exact) mass is 468 g/mol. The first-order valence-corrected chi connectivity index (χ1v) is 10.3. The van der Waals surface area contributed by atoms with E-state index in [0.717, 1.165) is 5.69 Å². The summed E-state index contributed by atoms with van der Waals surface area (Å²) < 4.78 is 44.9. The van der Waals surface area contributed by atoms with Gasteiger partial charge in [0.25, 0.3) is 0 Å². The number of morpholine rings is 1. The number of nitriles is 1. The number of rotatable bonds is 5.